The molecule has 1 atom stereocenters. The van der Waals surface area contributed by atoms with Gasteiger partial charge in [-0.25, -0.2) is 9.89 Å². The number of amides is 3. The lowest BCUT2D eigenvalue weighted by Gasteiger charge is -2.25. The molecule has 3 aromatic rings. The fourth-order valence-corrected chi connectivity index (χ4v) is 5.29. The number of carbonyl (C=O) groups is 3. The molecule has 0 spiro atoms. The van der Waals surface area contributed by atoms with Crippen molar-refractivity contribution in [3.63, 3.8) is 0 Å². The second-order valence-electron chi connectivity index (χ2n) is 9.01. The molecule has 5 rings (SSSR count). The quantitative estimate of drug-likeness (QED) is 0.404. The first-order valence-corrected chi connectivity index (χ1v) is 13.9. The summed E-state index contributed by atoms with van der Waals surface area (Å²) in [4.78, 5) is 49.3. The van der Waals surface area contributed by atoms with E-state index in [-0.39, 0.29) is 36.3 Å². The molecule has 0 radical (unpaired) electrons. The van der Waals surface area contributed by atoms with Crippen LogP contribution in [0.1, 0.15) is 29.5 Å². The first kappa shape index (κ1) is 26.6. The van der Waals surface area contributed by atoms with Crippen LogP contribution in [-0.4, -0.2) is 45.4 Å². The van der Waals surface area contributed by atoms with Gasteiger partial charge in [-0.05, 0) is 35.7 Å². The van der Waals surface area contributed by atoms with Crippen molar-refractivity contribution >= 4 is 57.8 Å². The van der Waals surface area contributed by atoms with Gasteiger partial charge in [-0.1, -0.05) is 84.0 Å². The Kier molecular flexibility index (Phi) is 8.39. The van der Waals surface area contributed by atoms with E-state index in [4.69, 9.17) is 11.6 Å². The molecule has 8 nitrogen and oxygen atoms in total. The molecule has 0 unspecified atom stereocenters. The highest BCUT2D eigenvalue weighted by Gasteiger charge is 2.41. The number of amidine groups is 2. The van der Waals surface area contributed by atoms with Gasteiger partial charge in [0.2, 0.25) is 11.8 Å². The van der Waals surface area contributed by atoms with E-state index in [0.29, 0.717) is 34.8 Å². The summed E-state index contributed by atoms with van der Waals surface area (Å²) in [5, 5.41) is 6.72. The first-order valence-electron chi connectivity index (χ1n) is 12.5. The van der Waals surface area contributed by atoms with E-state index in [9.17, 15) is 14.4 Å². The number of para-hydroxylation sites is 1. The Morgan fingerprint density at radius 1 is 0.897 bits per heavy atom. The fraction of sp³-hybridized carbons (Fsp3) is 0.207. The highest BCUT2D eigenvalue weighted by molar-refractivity contribution is 8.14. The van der Waals surface area contributed by atoms with Crippen LogP contribution in [0.25, 0.3) is 0 Å². The number of hydrogen-bond acceptors (Lipinski definition) is 6. The van der Waals surface area contributed by atoms with Gasteiger partial charge >= 0.3 is 0 Å². The Morgan fingerprint density at radius 2 is 1.62 bits per heavy atom. The number of hydrogen-bond donors (Lipinski definition) is 2. The van der Waals surface area contributed by atoms with Crippen molar-refractivity contribution in [2.75, 3.05) is 5.75 Å². The van der Waals surface area contributed by atoms with Crippen molar-refractivity contribution in [1.29, 1.82) is 0 Å². The smallest absolute Gasteiger partial charge is 0.259 e. The summed E-state index contributed by atoms with van der Waals surface area (Å²) in [5.41, 5.74) is 3.25. The molecule has 198 valence electrons. The van der Waals surface area contributed by atoms with Crippen molar-refractivity contribution in [1.82, 2.24) is 15.5 Å². The van der Waals surface area contributed by atoms with E-state index in [0.717, 1.165) is 16.7 Å². The normalized spacial score (nSPS) is 15.7. The molecule has 0 saturated carbocycles. The molecule has 39 heavy (non-hydrogen) atoms. The van der Waals surface area contributed by atoms with E-state index >= 15 is 0 Å². The summed E-state index contributed by atoms with van der Waals surface area (Å²) in [6.07, 6.45) is 0.442. The van der Waals surface area contributed by atoms with Gasteiger partial charge in [0.15, 0.2) is 5.17 Å². The van der Waals surface area contributed by atoms with Gasteiger partial charge in [-0.15, -0.1) is 0 Å². The Balaban J connectivity index is 1.22. The van der Waals surface area contributed by atoms with Crippen LogP contribution in [0.3, 0.4) is 0 Å². The number of nitrogens with one attached hydrogen (secondary N) is 2. The molecule has 10 heteroatoms. The van der Waals surface area contributed by atoms with E-state index < -0.39 is 6.04 Å². The minimum Gasteiger partial charge on any atom is -0.352 e. The van der Waals surface area contributed by atoms with Crippen LogP contribution in [0.4, 0.5) is 5.69 Å². The van der Waals surface area contributed by atoms with Crippen molar-refractivity contribution in [3.8, 4) is 0 Å². The lowest BCUT2D eigenvalue weighted by molar-refractivity contribution is -0.125. The van der Waals surface area contributed by atoms with Crippen molar-refractivity contribution in [2.24, 2.45) is 9.98 Å². The van der Waals surface area contributed by atoms with Crippen molar-refractivity contribution < 1.29 is 14.4 Å². The molecule has 2 N–H and O–H groups in total. The average molecular weight is 560 g/mol. The third-order valence-corrected chi connectivity index (χ3v) is 7.60. The lowest BCUT2D eigenvalue weighted by Crippen LogP contribution is -2.41. The Labute approximate surface area is 235 Å². The minimum atomic E-state index is -0.700. The topological polar surface area (TPSA) is 103 Å². The van der Waals surface area contributed by atoms with Gasteiger partial charge in [0, 0.05) is 30.1 Å². The summed E-state index contributed by atoms with van der Waals surface area (Å²) in [5.74, 6) is -0.0408. The van der Waals surface area contributed by atoms with E-state index in [1.54, 1.807) is 6.07 Å². The Bertz CT molecular complexity index is 1460. The largest absolute Gasteiger partial charge is 0.352 e. The van der Waals surface area contributed by atoms with Crippen LogP contribution in [-0.2, 0) is 27.5 Å². The highest BCUT2D eigenvalue weighted by Crippen LogP contribution is 2.34. The number of fused-ring (bicyclic) bond motifs is 3. The Morgan fingerprint density at radius 3 is 2.44 bits per heavy atom. The van der Waals surface area contributed by atoms with Crippen LogP contribution in [0, 0.1) is 0 Å². The molecule has 0 fully saturated rings. The second-order valence-corrected chi connectivity index (χ2v) is 10.4. The third-order valence-electron chi connectivity index (χ3n) is 6.29. The Hall–Kier alpha value is -3.95. The molecule has 0 aromatic heterocycles. The van der Waals surface area contributed by atoms with E-state index in [2.05, 4.69) is 20.6 Å². The first-order chi connectivity index (χ1) is 19.0. The molecule has 3 amide bonds. The van der Waals surface area contributed by atoms with Gasteiger partial charge < -0.3 is 10.6 Å². The van der Waals surface area contributed by atoms with E-state index in [1.165, 1.54) is 16.7 Å². The number of aliphatic imine (C=N–C) groups is 2. The van der Waals surface area contributed by atoms with Gasteiger partial charge in [0.05, 0.1) is 11.4 Å². The standard InChI is InChI=1S/C29H26ClN5O3S/c30-22-12-6-4-10-20(22)17-32-26(37)18-39-29-34-23-13-7-5-11-21(23)27-33-24(28(38)35(27)29)14-15-25(36)31-16-19-8-2-1-3-9-19/h1-13,24H,14-18H2,(H,31,36)(H,32,37)/t24-/m1/s1. The van der Waals surface area contributed by atoms with Gasteiger partial charge in [0.25, 0.3) is 5.91 Å². The van der Waals surface area contributed by atoms with Crippen LogP contribution < -0.4 is 10.6 Å². The number of nitrogens with zero attached hydrogens (tertiary/aromatic N) is 3. The summed E-state index contributed by atoms with van der Waals surface area (Å²) >= 11 is 7.35. The highest BCUT2D eigenvalue weighted by atomic mass is 35.5. The SMILES string of the molecule is O=C(CC[C@H]1N=C2c3ccccc3N=C(SCC(=O)NCc3ccccc3Cl)N2C1=O)NCc1ccccc1. The summed E-state index contributed by atoms with van der Waals surface area (Å²) in [7, 11) is 0. The number of halogens is 1. The predicted molar refractivity (Wildman–Crippen MR) is 154 cm³/mol. The van der Waals surface area contributed by atoms with Gasteiger partial charge in [0.1, 0.15) is 11.9 Å². The monoisotopic (exact) mass is 559 g/mol. The maximum absolute atomic E-state index is 13.4. The summed E-state index contributed by atoms with van der Waals surface area (Å²) in [6.45, 7) is 0.733. The number of rotatable bonds is 9. The second kappa shape index (κ2) is 12.3. The molecular formula is C29H26ClN5O3S. The van der Waals surface area contributed by atoms with Gasteiger partial charge in [-0.3, -0.25) is 19.4 Å². The van der Waals surface area contributed by atoms with E-state index in [1.807, 2.05) is 72.8 Å². The van der Waals surface area contributed by atoms with Crippen molar-refractivity contribution in [3.05, 3.63) is 101 Å². The van der Waals surface area contributed by atoms with Gasteiger partial charge in [-0.2, -0.15) is 0 Å². The number of carbonyl (C=O) groups excluding carboxylic acids is 3. The molecule has 0 aliphatic carbocycles. The maximum Gasteiger partial charge on any atom is 0.259 e. The van der Waals surface area contributed by atoms with Crippen LogP contribution in [0.15, 0.2) is 88.8 Å². The van der Waals surface area contributed by atoms with Crippen LogP contribution in [0.2, 0.25) is 5.02 Å². The predicted octanol–water partition coefficient (Wildman–Crippen LogP) is 4.44. The minimum absolute atomic E-state index is 0.0646. The number of benzene rings is 3. The maximum atomic E-state index is 13.4. The lowest BCUT2D eigenvalue weighted by atomic mass is 10.1. The molecule has 2 aliphatic heterocycles. The molecule has 2 heterocycles. The molecule has 0 bridgehead atoms. The summed E-state index contributed by atoms with van der Waals surface area (Å²) in [6, 6.07) is 23.7. The number of thioether (sulfide) groups is 1. The van der Waals surface area contributed by atoms with Crippen LogP contribution >= 0.6 is 23.4 Å². The zero-order chi connectivity index (χ0) is 27.2. The third kappa shape index (κ3) is 6.38. The molecule has 0 saturated heterocycles. The zero-order valence-electron chi connectivity index (χ0n) is 21.0. The molecule has 3 aromatic carbocycles. The fourth-order valence-electron chi connectivity index (χ4n) is 4.26. The van der Waals surface area contributed by atoms with Crippen LogP contribution in [0.5, 0.6) is 0 Å². The molecular weight excluding hydrogens is 534 g/mol. The van der Waals surface area contributed by atoms with Crippen molar-refractivity contribution in [2.45, 2.75) is 32.0 Å². The average Bonchev–Trinajstić information content (AvgIpc) is 3.30. The zero-order valence-corrected chi connectivity index (χ0v) is 22.5. The molecule has 2 aliphatic rings. The summed E-state index contributed by atoms with van der Waals surface area (Å²) < 4.78 is 0.